The first-order valence-electron chi connectivity index (χ1n) is 12.7. The highest BCUT2D eigenvalue weighted by molar-refractivity contribution is 7.92. The van der Waals surface area contributed by atoms with Gasteiger partial charge in [0, 0.05) is 17.6 Å². The fourth-order valence-electron chi connectivity index (χ4n) is 3.90. The molecule has 0 aliphatic rings. The van der Waals surface area contributed by atoms with Crippen LogP contribution in [0.3, 0.4) is 0 Å². The summed E-state index contributed by atoms with van der Waals surface area (Å²) in [5.74, 6) is -0.333. The fraction of sp³-hybridized carbons (Fsp3) is 0.310. The van der Waals surface area contributed by atoms with Crippen molar-refractivity contribution in [2.45, 2.75) is 51.2 Å². The Morgan fingerprint density at radius 2 is 1.54 bits per heavy atom. The zero-order valence-electron chi connectivity index (χ0n) is 22.5. The Bertz CT molecular complexity index is 1350. The quantitative estimate of drug-likeness (QED) is 0.334. The molecule has 3 aromatic rings. The van der Waals surface area contributed by atoms with Crippen molar-refractivity contribution in [1.82, 2.24) is 10.2 Å². The number of halogens is 1. The van der Waals surface area contributed by atoms with E-state index in [2.05, 4.69) is 5.32 Å². The van der Waals surface area contributed by atoms with E-state index in [-0.39, 0.29) is 23.4 Å². The lowest BCUT2D eigenvalue weighted by Crippen LogP contribution is -2.52. The highest BCUT2D eigenvalue weighted by atomic mass is 35.5. The molecule has 0 radical (unpaired) electrons. The molecule has 0 aliphatic heterocycles. The Kier molecular flexibility index (Phi) is 10.4. The van der Waals surface area contributed by atoms with Crippen LogP contribution >= 0.6 is 11.6 Å². The van der Waals surface area contributed by atoms with E-state index in [1.165, 1.54) is 17.0 Å². The SMILES string of the molecule is CCOc1ccc(S(=O)(=O)N(CC(=O)N(Cc2ccc(Cl)cc2)[C@@H](C)C(=O)NC(C)C)c2ccccc2)cc1. The number of ether oxygens (including phenoxy) is 1. The molecule has 208 valence electrons. The Labute approximate surface area is 235 Å². The number of carbonyl (C=O) groups excluding carboxylic acids is 2. The van der Waals surface area contributed by atoms with Crippen molar-refractivity contribution in [3.8, 4) is 5.75 Å². The van der Waals surface area contributed by atoms with Crippen LogP contribution in [0.15, 0.2) is 83.8 Å². The van der Waals surface area contributed by atoms with Crippen LogP contribution in [-0.4, -0.2) is 50.4 Å². The van der Waals surface area contributed by atoms with Gasteiger partial charge < -0.3 is 15.0 Å². The normalized spacial score (nSPS) is 12.1. The number of hydrogen-bond acceptors (Lipinski definition) is 5. The number of nitrogens with one attached hydrogen (secondary N) is 1. The third-order valence-corrected chi connectivity index (χ3v) is 7.95. The summed E-state index contributed by atoms with van der Waals surface area (Å²) in [5, 5.41) is 3.37. The van der Waals surface area contributed by atoms with Gasteiger partial charge in [-0.05, 0) is 81.8 Å². The fourth-order valence-corrected chi connectivity index (χ4v) is 5.44. The Hall–Kier alpha value is -3.56. The van der Waals surface area contributed by atoms with Crippen molar-refractivity contribution in [1.29, 1.82) is 0 Å². The Morgan fingerprint density at radius 1 is 0.923 bits per heavy atom. The maximum atomic E-state index is 13.8. The largest absolute Gasteiger partial charge is 0.494 e. The molecule has 0 bridgehead atoms. The average Bonchev–Trinajstić information content (AvgIpc) is 2.91. The highest BCUT2D eigenvalue weighted by Crippen LogP contribution is 2.26. The molecule has 0 fully saturated rings. The molecular formula is C29H34ClN3O5S. The monoisotopic (exact) mass is 571 g/mol. The summed E-state index contributed by atoms with van der Waals surface area (Å²) in [4.78, 5) is 28.2. The van der Waals surface area contributed by atoms with Crippen LogP contribution in [0.4, 0.5) is 5.69 Å². The zero-order chi connectivity index (χ0) is 28.6. The molecule has 0 unspecified atom stereocenters. The maximum absolute atomic E-state index is 13.8. The van der Waals surface area contributed by atoms with E-state index in [1.807, 2.05) is 20.8 Å². The van der Waals surface area contributed by atoms with E-state index >= 15 is 0 Å². The second-order valence-corrected chi connectivity index (χ2v) is 11.5. The van der Waals surface area contributed by atoms with Crippen LogP contribution in [-0.2, 0) is 26.2 Å². The molecular weight excluding hydrogens is 538 g/mol. The van der Waals surface area contributed by atoms with E-state index in [4.69, 9.17) is 16.3 Å². The summed E-state index contributed by atoms with van der Waals surface area (Å²) in [6, 6.07) is 20.4. The second kappa shape index (κ2) is 13.5. The van der Waals surface area contributed by atoms with Gasteiger partial charge in [-0.1, -0.05) is 41.9 Å². The van der Waals surface area contributed by atoms with Crippen LogP contribution in [0.25, 0.3) is 0 Å². The van der Waals surface area contributed by atoms with Crippen molar-refractivity contribution >= 4 is 39.1 Å². The number of rotatable bonds is 12. The van der Waals surface area contributed by atoms with Gasteiger partial charge in [0.15, 0.2) is 0 Å². The summed E-state index contributed by atoms with van der Waals surface area (Å²) in [5.41, 5.74) is 1.07. The van der Waals surface area contributed by atoms with Gasteiger partial charge >= 0.3 is 0 Å². The molecule has 3 rings (SSSR count). The number of carbonyl (C=O) groups is 2. The average molecular weight is 572 g/mol. The number of anilines is 1. The van der Waals surface area contributed by atoms with E-state index < -0.39 is 28.5 Å². The van der Waals surface area contributed by atoms with Crippen molar-refractivity contribution in [2.24, 2.45) is 0 Å². The van der Waals surface area contributed by atoms with Crippen LogP contribution in [0.5, 0.6) is 5.75 Å². The van der Waals surface area contributed by atoms with Gasteiger partial charge in [-0.2, -0.15) is 0 Å². The maximum Gasteiger partial charge on any atom is 0.264 e. The third-order valence-electron chi connectivity index (χ3n) is 5.91. The van der Waals surface area contributed by atoms with E-state index in [0.717, 1.165) is 9.87 Å². The van der Waals surface area contributed by atoms with E-state index in [0.29, 0.717) is 23.1 Å². The predicted molar refractivity (Wildman–Crippen MR) is 153 cm³/mol. The molecule has 0 aliphatic carbocycles. The first-order chi connectivity index (χ1) is 18.5. The third kappa shape index (κ3) is 7.97. The summed E-state index contributed by atoms with van der Waals surface area (Å²) >= 11 is 6.03. The van der Waals surface area contributed by atoms with Crippen molar-refractivity contribution in [2.75, 3.05) is 17.5 Å². The minimum absolute atomic E-state index is 0.0115. The second-order valence-electron chi connectivity index (χ2n) is 9.24. The molecule has 0 aromatic heterocycles. The van der Waals surface area contributed by atoms with Gasteiger partial charge in [-0.15, -0.1) is 0 Å². The predicted octanol–water partition coefficient (Wildman–Crippen LogP) is 4.88. The molecule has 1 atom stereocenters. The smallest absolute Gasteiger partial charge is 0.264 e. The summed E-state index contributed by atoms with van der Waals surface area (Å²) in [6.07, 6.45) is 0. The number of amides is 2. The number of sulfonamides is 1. The van der Waals surface area contributed by atoms with Crippen molar-refractivity contribution in [3.05, 3.63) is 89.4 Å². The molecule has 2 amide bonds. The van der Waals surface area contributed by atoms with Crippen LogP contribution < -0.4 is 14.4 Å². The van der Waals surface area contributed by atoms with Gasteiger partial charge in [-0.3, -0.25) is 13.9 Å². The lowest BCUT2D eigenvalue weighted by atomic mass is 10.1. The first-order valence-corrected chi connectivity index (χ1v) is 14.5. The summed E-state index contributed by atoms with van der Waals surface area (Å²) < 4.78 is 34.2. The number of para-hydroxylation sites is 1. The van der Waals surface area contributed by atoms with Gasteiger partial charge in [0.05, 0.1) is 17.2 Å². The first kappa shape index (κ1) is 30.0. The van der Waals surface area contributed by atoms with Gasteiger partial charge in [-0.25, -0.2) is 8.42 Å². The van der Waals surface area contributed by atoms with Gasteiger partial charge in [0.2, 0.25) is 11.8 Å². The minimum atomic E-state index is -4.15. The zero-order valence-corrected chi connectivity index (χ0v) is 24.1. The lowest BCUT2D eigenvalue weighted by Gasteiger charge is -2.32. The van der Waals surface area contributed by atoms with E-state index in [1.54, 1.807) is 73.7 Å². The lowest BCUT2D eigenvalue weighted by molar-refractivity contribution is -0.139. The Balaban J connectivity index is 1.99. The molecule has 8 nitrogen and oxygen atoms in total. The number of benzene rings is 3. The molecule has 0 spiro atoms. The topological polar surface area (TPSA) is 96.0 Å². The highest BCUT2D eigenvalue weighted by Gasteiger charge is 2.32. The van der Waals surface area contributed by atoms with Crippen LogP contribution in [0, 0.1) is 0 Å². The molecule has 3 aromatic carbocycles. The molecule has 10 heteroatoms. The van der Waals surface area contributed by atoms with Crippen LogP contribution in [0.1, 0.15) is 33.3 Å². The van der Waals surface area contributed by atoms with E-state index in [9.17, 15) is 18.0 Å². The molecule has 1 N–H and O–H groups in total. The summed E-state index contributed by atoms with van der Waals surface area (Å²) in [7, 11) is -4.15. The molecule has 0 saturated carbocycles. The minimum Gasteiger partial charge on any atom is -0.494 e. The van der Waals surface area contributed by atoms with Gasteiger partial charge in [0.25, 0.3) is 10.0 Å². The Morgan fingerprint density at radius 3 is 2.10 bits per heavy atom. The molecule has 39 heavy (non-hydrogen) atoms. The standard InChI is InChI=1S/C29H34ClN3O5S/c1-5-38-26-15-17-27(18-16-26)39(36,37)33(25-9-7-6-8-10-25)20-28(34)32(22(4)29(35)31-21(2)3)19-23-11-13-24(30)14-12-23/h6-18,21-22H,5,19-20H2,1-4H3,(H,31,35)/t22-/m0/s1. The van der Waals surface area contributed by atoms with Crippen LogP contribution in [0.2, 0.25) is 5.02 Å². The number of nitrogens with zero attached hydrogens (tertiary/aromatic N) is 2. The number of hydrogen-bond donors (Lipinski definition) is 1. The van der Waals surface area contributed by atoms with Gasteiger partial charge in [0.1, 0.15) is 18.3 Å². The molecule has 0 heterocycles. The summed E-state index contributed by atoms with van der Waals surface area (Å²) in [6.45, 7) is 7.15. The van der Waals surface area contributed by atoms with Crippen molar-refractivity contribution in [3.63, 3.8) is 0 Å². The van der Waals surface area contributed by atoms with Crippen molar-refractivity contribution < 1.29 is 22.7 Å². The molecule has 0 saturated heterocycles.